The molecule has 7 heteroatoms. The lowest BCUT2D eigenvalue weighted by molar-refractivity contribution is -0.112. The molecule has 6 nitrogen and oxygen atoms in total. The van der Waals surface area contributed by atoms with Crippen molar-refractivity contribution in [2.75, 3.05) is 23.3 Å². The number of carbonyl (C=O) groups excluding carboxylic acids is 1. The maximum absolute atomic E-state index is 14.4. The van der Waals surface area contributed by atoms with Crippen LogP contribution in [0.4, 0.5) is 15.8 Å². The number of amides is 1. The topological polar surface area (TPSA) is 93.4 Å². The van der Waals surface area contributed by atoms with Crippen molar-refractivity contribution in [1.29, 1.82) is 5.26 Å². The van der Waals surface area contributed by atoms with Crippen molar-refractivity contribution in [3.8, 4) is 6.07 Å². The van der Waals surface area contributed by atoms with Gasteiger partial charge < -0.3 is 15.3 Å². The number of carboxylic acids is 1. The molecule has 1 amide bonds. The van der Waals surface area contributed by atoms with Crippen LogP contribution >= 0.6 is 0 Å². The van der Waals surface area contributed by atoms with Crippen LogP contribution in [0.1, 0.15) is 28.8 Å². The molecule has 0 radical (unpaired) electrons. The van der Waals surface area contributed by atoms with E-state index >= 15 is 0 Å². The van der Waals surface area contributed by atoms with Crippen molar-refractivity contribution in [3.05, 3.63) is 65.0 Å². The third kappa shape index (κ3) is 4.35. The highest BCUT2D eigenvalue weighted by atomic mass is 19.1. The first-order chi connectivity index (χ1) is 13.5. The van der Waals surface area contributed by atoms with Crippen molar-refractivity contribution in [1.82, 2.24) is 0 Å². The lowest BCUT2D eigenvalue weighted by atomic mass is 10.1. The maximum atomic E-state index is 14.4. The van der Waals surface area contributed by atoms with Gasteiger partial charge in [0, 0.05) is 18.8 Å². The largest absolute Gasteiger partial charge is 0.478 e. The van der Waals surface area contributed by atoms with E-state index in [4.69, 9.17) is 5.11 Å². The predicted molar refractivity (Wildman–Crippen MR) is 103 cm³/mol. The van der Waals surface area contributed by atoms with Gasteiger partial charge >= 0.3 is 5.97 Å². The second-order valence-corrected chi connectivity index (χ2v) is 6.41. The minimum absolute atomic E-state index is 0.0138. The molecular formula is C21H18FN3O3. The zero-order valence-electron chi connectivity index (χ0n) is 15.0. The van der Waals surface area contributed by atoms with Gasteiger partial charge in [0.05, 0.1) is 11.3 Å². The number of nitriles is 1. The third-order valence-electron chi connectivity index (χ3n) is 4.46. The molecular weight excluding hydrogens is 361 g/mol. The van der Waals surface area contributed by atoms with Gasteiger partial charge in [0.15, 0.2) is 0 Å². The van der Waals surface area contributed by atoms with Gasteiger partial charge in [-0.1, -0.05) is 12.1 Å². The van der Waals surface area contributed by atoms with Crippen molar-refractivity contribution in [2.45, 2.75) is 12.8 Å². The Kier molecular flexibility index (Phi) is 5.70. The quantitative estimate of drug-likeness (QED) is 0.611. The minimum Gasteiger partial charge on any atom is -0.478 e. The average molecular weight is 379 g/mol. The lowest BCUT2D eigenvalue weighted by Crippen LogP contribution is -2.18. The number of nitrogens with one attached hydrogen (secondary N) is 1. The van der Waals surface area contributed by atoms with Gasteiger partial charge in [-0.2, -0.15) is 5.26 Å². The van der Waals surface area contributed by atoms with Gasteiger partial charge in [-0.15, -0.1) is 0 Å². The smallest absolute Gasteiger partial charge is 0.335 e. The van der Waals surface area contributed by atoms with Gasteiger partial charge in [0.1, 0.15) is 17.5 Å². The summed E-state index contributed by atoms with van der Waals surface area (Å²) in [6.45, 7) is 1.63. The molecule has 0 unspecified atom stereocenters. The zero-order chi connectivity index (χ0) is 20.1. The second kappa shape index (κ2) is 8.35. The summed E-state index contributed by atoms with van der Waals surface area (Å²) in [5.74, 6) is -2.22. The molecule has 1 fully saturated rings. The first-order valence-electron chi connectivity index (χ1n) is 8.79. The van der Waals surface area contributed by atoms with E-state index in [2.05, 4.69) is 5.32 Å². The Bertz CT molecular complexity index is 989. The van der Waals surface area contributed by atoms with Crippen LogP contribution in [0.15, 0.2) is 48.0 Å². The molecule has 0 aliphatic carbocycles. The summed E-state index contributed by atoms with van der Waals surface area (Å²) in [7, 11) is 0. The fourth-order valence-corrected chi connectivity index (χ4v) is 3.07. The number of hydrogen-bond donors (Lipinski definition) is 2. The molecule has 28 heavy (non-hydrogen) atoms. The van der Waals surface area contributed by atoms with E-state index in [-0.39, 0.29) is 16.8 Å². The van der Waals surface area contributed by atoms with Crippen LogP contribution < -0.4 is 10.2 Å². The van der Waals surface area contributed by atoms with Gasteiger partial charge in [-0.05, 0) is 54.8 Å². The normalized spacial score (nSPS) is 13.9. The number of aromatic carboxylic acids is 1. The first kappa shape index (κ1) is 19.1. The lowest BCUT2D eigenvalue weighted by Gasteiger charge is -2.18. The van der Waals surface area contributed by atoms with Crippen LogP contribution in [0.25, 0.3) is 6.08 Å². The molecule has 0 bridgehead atoms. The summed E-state index contributed by atoms with van der Waals surface area (Å²) >= 11 is 0. The van der Waals surface area contributed by atoms with Crippen LogP contribution in [0.3, 0.4) is 0 Å². The monoisotopic (exact) mass is 379 g/mol. The van der Waals surface area contributed by atoms with E-state index in [1.165, 1.54) is 36.4 Å². The number of carboxylic acid groups (broad SMARTS) is 1. The Morgan fingerprint density at radius 2 is 1.93 bits per heavy atom. The summed E-state index contributed by atoms with van der Waals surface area (Å²) in [6, 6.07) is 12.1. The SMILES string of the molecule is N#C/C(=C/c1ccc(N2CCCC2)c(F)c1)C(=O)Nc1cccc(C(=O)O)c1. The number of nitrogens with zero attached hydrogens (tertiary/aromatic N) is 2. The Labute approximate surface area is 161 Å². The molecule has 1 saturated heterocycles. The average Bonchev–Trinajstić information content (AvgIpc) is 3.20. The highest BCUT2D eigenvalue weighted by molar-refractivity contribution is 6.10. The molecule has 0 atom stereocenters. The van der Waals surface area contributed by atoms with Crippen molar-refractivity contribution >= 4 is 29.3 Å². The molecule has 1 aliphatic rings. The number of carbonyl (C=O) groups is 2. The van der Waals surface area contributed by atoms with E-state index in [1.807, 2.05) is 4.90 Å². The molecule has 2 aromatic carbocycles. The summed E-state index contributed by atoms with van der Waals surface area (Å²) in [4.78, 5) is 25.3. The summed E-state index contributed by atoms with van der Waals surface area (Å²) < 4.78 is 14.4. The van der Waals surface area contributed by atoms with Gasteiger partial charge in [-0.25, -0.2) is 9.18 Å². The molecule has 2 aromatic rings. The number of hydrogen-bond acceptors (Lipinski definition) is 4. The predicted octanol–water partition coefficient (Wildman–Crippen LogP) is 3.67. The fraction of sp³-hybridized carbons (Fsp3) is 0.190. The van der Waals surface area contributed by atoms with Gasteiger partial charge in [0.2, 0.25) is 0 Å². The van der Waals surface area contributed by atoms with Gasteiger partial charge in [-0.3, -0.25) is 4.79 Å². The molecule has 0 saturated carbocycles. The van der Waals surface area contributed by atoms with Crippen LogP contribution in [0, 0.1) is 17.1 Å². The Morgan fingerprint density at radius 1 is 1.18 bits per heavy atom. The molecule has 1 aliphatic heterocycles. The minimum atomic E-state index is -1.12. The first-order valence-corrected chi connectivity index (χ1v) is 8.79. The van der Waals surface area contributed by atoms with Crippen LogP contribution in [0.2, 0.25) is 0 Å². The molecule has 142 valence electrons. The summed E-state index contributed by atoms with van der Waals surface area (Å²) in [6.07, 6.45) is 3.36. The maximum Gasteiger partial charge on any atom is 0.335 e. The summed E-state index contributed by atoms with van der Waals surface area (Å²) in [5.41, 5.74) is 0.963. The van der Waals surface area contributed by atoms with E-state index in [1.54, 1.807) is 18.2 Å². The Morgan fingerprint density at radius 3 is 2.57 bits per heavy atom. The van der Waals surface area contributed by atoms with E-state index in [9.17, 15) is 19.2 Å². The number of anilines is 2. The van der Waals surface area contributed by atoms with Crippen molar-refractivity contribution < 1.29 is 19.1 Å². The van der Waals surface area contributed by atoms with E-state index in [0.29, 0.717) is 11.3 Å². The molecule has 2 N–H and O–H groups in total. The summed E-state index contributed by atoms with van der Waals surface area (Å²) in [5, 5.41) is 20.8. The standard InChI is InChI=1S/C21H18FN3O3/c22-18-11-14(6-7-19(18)25-8-1-2-9-25)10-16(13-23)20(26)24-17-5-3-4-15(12-17)21(27)28/h3-7,10-12H,1-2,8-9H2,(H,24,26)(H,27,28)/b16-10-. The number of benzene rings is 2. The number of rotatable bonds is 5. The Balaban J connectivity index is 1.78. The highest BCUT2D eigenvalue weighted by Gasteiger charge is 2.17. The fourth-order valence-electron chi connectivity index (χ4n) is 3.07. The zero-order valence-corrected chi connectivity index (χ0v) is 15.0. The van der Waals surface area contributed by atoms with E-state index in [0.717, 1.165) is 25.9 Å². The molecule has 0 spiro atoms. The van der Waals surface area contributed by atoms with E-state index < -0.39 is 17.7 Å². The van der Waals surface area contributed by atoms with Crippen molar-refractivity contribution in [2.24, 2.45) is 0 Å². The Hall–Kier alpha value is -3.66. The molecule has 1 heterocycles. The molecule has 3 rings (SSSR count). The van der Waals surface area contributed by atoms with Crippen LogP contribution in [-0.4, -0.2) is 30.1 Å². The van der Waals surface area contributed by atoms with Crippen LogP contribution in [-0.2, 0) is 4.79 Å². The number of halogens is 1. The van der Waals surface area contributed by atoms with Crippen molar-refractivity contribution in [3.63, 3.8) is 0 Å². The van der Waals surface area contributed by atoms with Gasteiger partial charge in [0.25, 0.3) is 5.91 Å². The van der Waals surface area contributed by atoms with Crippen LogP contribution in [0.5, 0.6) is 0 Å². The highest BCUT2D eigenvalue weighted by Crippen LogP contribution is 2.25. The third-order valence-corrected chi connectivity index (χ3v) is 4.46. The second-order valence-electron chi connectivity index (χ2n) is 6.41. The molecule has 0 aromatic heterocycles.